The van der Waals surface area contributed by atoms with Gasteiger partial charge in [0.25, 0.3) is 0 Å². The molecule has 0 saturated carbocycles. The van der Waals surface area contributed by atoms with Gasteiger partial charge >= 0.3 is 0 Å². The fraction of sp³-hybridized carbons (Fsp3) is 0.375. The van der Waals surface area contributed by atoms with Crippen LogP contribution >= 0.6 is 11.3 Å². The molecule has 1 aliphatic carbocycles. The van der Waals surface area contributed by atoms with Gasteiger partial charge in [-0.3, -0.25) is 0 Å². The smallest absolute Gasteiger partial charge is 0.148 e. The van der Waals surface area contributed by atoms with E-state index in [4.69, 9.17) is 4.74 Å². The van der Waals surface area contributed by atoms with Crippen LogP contribution in [0.15, 0.2) is 36.4 Å². The lowest BCUT2D eigenvalue weighted by atomic mass is 9.88. The zero-order chi connectivity index (χ0) is 20.8. The number of aromatic nitrogens is 2. The minimum Gasteiger partial charge on any atom is -0.490 e. The third-order valence-corrected chi connectivity index (χ3v) is 5.77. The third-order valence-electron chi connectivity index (χ3n) is 4.76. The van der Waals surface area contributed by atoms with Crippen LogP contribution in [0, 0.1) is 11.3 Å². The Hall–Kier alpha value is -2.71. The fourth-order valence-electron chi connectivity index (χ4n) is 3.54. The molecule has 4 nitrogen and oxygen atoms in total. The van der Waals surface area contributed by atoms with Crippen molar-refractivity contribution in [1.82, 2.24) is 10.2 Å². The molecule has 0 bridgehead atoms. The molecule has 1 heterocycles. The van der Waals surface area contributed by atoms with E-state index < -0.39 is 0 Å². The first-order valence-corrected chi connectivity index (χ1v) is 11.1. The molecule has 0 atom stereocenters. The van der Waals surface area contributed by atoms with E-state index in [9.17, 15) is 5.26 Å². The van der Waals surface area contributed by atoms with Crippen molar-refractivity contribution in [2.45, 2.75) is 59.5 Å². The number of hydrogen-bond acceptors (Lipinski definition) is 5. The Kier molecular flexibility index (Phi) is 7.00. The first-order valence-electron chi connectivity index (χ1n) is 10.3. The SMILES string of the molecule is CC.CC(C)Oc1ccc(-c2nnc(-c3cccc4c3CCCC4)s2)cc1C#N. The van der Waals surface area contributed by atoms with E-state index in [0.29, 0.717) is 11.3 Å². The highest BCUT2D eigenvalue weighted by Crippen LogP contribution is 2.36. The molecule has 3 aromatic rings. The summed E-state index contributed by atoms with van der Waals surface area (Å²) in [5.41, 5.74) is 5.49. The van der Waals surface area contributed by atoms with Crippen LogP contribution in [0.2, 0.25) is 0 Å². The van der Waals surface area contributed by atoms with Crippen molar-refractivity contribution in [1.29, 1.82) is 5.26 Å². The molecule has 29 heavy (non-hydrogen) atoms. The molecule has 150 valence electrons. The fourth-order valence-corrected chi connectivity index (χ4v) is 4.43. The molecule has 0 unspecified atom stereocenters. The molecule has 5 heteroatoms. The minimum absolute atomic E-state index is 0.0281. The molecule has 0 fully saturated rings. The van der Waals surface area contributed by atoms with Crippen molar-refractivity contribution < 1.29 is 4.74 Å². The first-order chi connectivity index (χ1) is 14.2. The van der Waals surface area contributed by atoms with Gasteiger partial charge in [-0.25, -0.2) is 0 Å². The number of nitrogens with zero attached hydrogens (tertiary/aromatic N) is 3. The van der Waals surface area contributed by atoms with Crippen LogP contribution in [0.4, 0.5) is 0 Å². The third kappa shape index (κ3) is 4.65. The number of benzene rings is 2. The Morgan fingerprint density at radius 3 is 2.55 bits per heavy atom. The first kappa shape index (κ1) is 21.0. The van der Waals surface area contributed by atoms with Gasteiger partial charge < -0.3 is 4.74 Å². The summed E-state index contributed by atoms with van der Waals surface area (Å²) in [6.07, 6.45) is 4.79. The molecule has 0 spiro atoms. The summed E-state index contributed by atoms with van der Waals surface area (Å²) in [5.74, 6) is 0.609. The van der Waals surface area contributed by atoms with Gasteiger partial charge in [0.05, 0.1) is 11.7 Å². The van der Waals surface area contributed by atoms with Crippen molar-refractivity contribution in [3.05, 3.63) is 53.1 Å². The normalized spacial score (nSPS) is 12.6. The number of hydrogen-bond donors (Lipinski definition) is 0. The standard InChI is InChI=1S/C22H21N3OS.C2H6/c1-14(2)26-20-11-10-16(12-17(20)13-23)21-24-25-22(27-21)19-9-5-7-15-6-3-4-8-18(15)19;1-2/h5,7,9-12,14H,3-4,6,8H2,1-2H3;1-2H3. The van der Waals surface area contributed by atoms with Crippen LogP contribution in [0.1, 0.15) is 57.2 Å². The Labute approximate surface area is 177 Å². The Morgan fingerprint density at radius 2 is 1.79 bits per heavy atom. The van der Waals surface area contributed by atoms with Crippen molar-refractivity contribution in [2.24, 2.45) is 0 Å². The van der Waals surface area contributed by atoms with Gasteiger partial charge in [-0.2, -0.15) is 5.26 Å². The predicted octanol–water partition coefficient (Wildman–Crippen LogP) is 6.44. The van der Waals surface area contributed by atoms with Crippen LogP contribution in [0.3, 0.4) is 0 Å². The van der Waals surface area contributed by atoms with E-state index in [1.807, 2.05) is 45.9 Å². The second-order valence-corrected chi connectivity index (χ2v) is 8.03. The van der Waals surface area contributed by atoms with Crippen LogP contribution in [-0.4, -0.2) is 16.3 Å². The van der Waals surface area contributed by atoms with Crippen molar-refractivity contribution >= 4 is 11.3 Å². The number of rotatable bonds is 4. The molecule has 1 aliphatic rings. The summed E-state index contributed by atoms with van der Waals surface area (Å²) < 4.78 is 5.71. The summed E-state index contributed by atoms with van der Waals surface area (Å²) in [4.78, 5) is 0. The van der Waals surface area contributed by atoms with Crippen molar-refractivity contribution in [3.63, 3.8) is 0 Å². The van der Waals surface area contributed by atoms with Crippen LogP contribution in [-0.2, 0) is 12.8 Å². The van der Waals surface area contributed by atoms with Gasteiger partial charge in [-0.05, 0) is 68.9 Å². The lowest BCUT2D eigenvalue weighted by Crippen LogP contribution is -2.06. The van der Waals surface area contributed by atoms with Gasteiger partial charge in [0.2, 0.25) is 0 Å². The number of aryl methyl sites for hydroxylation is 1. The highest BCUT2D eigenvalue weighted by atomic mass is 32.1. The molecular formula is C24H27N3OS. The monoisotopic (exact) mass is 405 g/mol. The second kappa shape index (κ2) is 9.67. The minimum atomic E-state index is 0.0281. The van der Waals surface area contributed by atoms with Crippen LogP contribution in [0.25, 0.3) is 21.1 Å². The van der Waals surface area contributed by atoms with E-state index in [1.165, 1.54) is 29.5 Å². The van der Waals surface area contributed by atoms with E-state index >= 15 is 0 Å². The second-order valence-electron chi connectivity index (χ2n) is 7.05. The lowest BCUT2D eigenvalue weighted by molar-refractivity contribution is 0.242. The largest absolute Gasteiger partial charge is 0.490 e. The summed E-state index contributed by atoms with van der Waals surface area (Å²) in [6.45, 7) is 7.90. The molecule has 0 saturated heterocycles. The summed E-state index contributed by atoms with van der Waals surface area (Å²) >= 11 is 1.58. The molecule has 0 N–H and O–H groups in total. The molecule has 1 aromatic heterocycles. The lowest BCUT2D eigenvalue weighted by Gasteiger charge is -2.17. The average Bonchev–Trinajstić information content (AvgIpc) is 3.25. The van der Waals surface area contributed by atoms with Gasteiger partial charge in [0.1, 0.15) is 21.8 Å². The molecule has 0 radical (unpaired) electrons. The quantitative estimate of drug-likeness (QED) is 0.501. The summed E-state index contributed by atoms with van der Waals surface area (Å²) in [7, 11) is 0. The maximum absolute atomic E-state index is 9.46. The maximum Gasteiger partial charge on any atom is 0.148 e. The molecule has 4 rings (SSSR count). The maximum atomic E-state index is 9.46. The van der Waals surface area contributed by atoms with Gasteiger partial charge in [0, 0.05) is 11.1 Å². The zero-order valence-electron chi connectivity index (χ0n) is 17.5. The highest BCUT2D eigenvalue weighted by molar-refractivity contribution is 7.17. The molecule has 0 aliphatic heterocycles. The topological polar surface area (TPSA) is 58.8 Å². The zero-order valence-corrected chi connectivity index (χ0v) is 18.3. The summed E-state index contributed by atoms with van der Waals surface area (Å²) in [6, 6.07) is 14.3. The van der Waals surface area contributed by atoms with E-state index in [-0.39, 0.29) is 6.10 Å². The van der Waals surface area contributed by atoms with Gasteiger partial charge in [-0.15, -0.1) is 10.2 Å². The molecule has 0 amide bonds. The average molecular weight is 406 g/mol. The molecule has 2 aromatic carbocycles. The van der Waals surface area contributed by atoms with E-state index in [1.54, 1.807) is 11.3 Å². The van der Waals surface area contributed by atoms with E-state index in [0.717, 1.165) is 28.4 Å². The van der Waals surface area contributed by atoms with Gasteiger partial charge in [-0.1, -0.05) is 43.4 Å². The van der Waals surface area contributed by atoms with Crippen LogP contribution in [0.5, 0.6) is 5.75 Å². The number of nitriles is 1. The Balaban J connectivity index is 0.00000117. The molecular weight excluding hydrogens is 378 g/mol. The highest BCUT2D eigenvalue weighted by Gasteiger charge is 2.18. The summed E-state index contributed by atoms with van der Waals surface area (Å²) in [5, 5.41) is 20.1. The van der Waals surface area contributed by atoms with Crippen LogP contribution < -0.4 is 4.74 Å². The predicted molar refractivity (Wildman–Crippen MR) is 119 cm³/mol. The van der Waals surface area contributed by atoms with Gasteiger partial charge in [0.15, 0.2) is 0 Å². The van der Waals surface area contributed by atoms with Crippen molar-refractivity contribution in [2.75, 3.05) is 0 Å². The van der Waals surface area contributed by atoms with E-state index in [2.05, 4.69) is 34.5 Å². The number of fused-ring (bicyclic) bond motifs is 1. The Morgan fingerprint density at radius 1 is 1.03 bits per heavy atom. The van der Waals surface area contributed by atoms with Crippen molar-refractivity contribution in [3.8, 4) is 33.0 Å². The number of ether oxygens (including phenoxy) is 1. The Bertz CT molecular complexity index is 1020.